The van der Waals surface area contributed by atoms with Crippen molar-refractivity contribution in [3.05, 3.63) is 0 Å². The van der Waals surface area contributed by atoms with E-state index in [2.05, 4.69) is 0 Å². The second-order valence-corrected chi connectivity index (χ2v) is 6.74. The summed E-state index contributed by atoms with van der Waals surface area (Å²) in [6.07, 6.45) is 1.67. The zero-order valence-corrected chi connectivity index (χ0v) is 11.0. The minimum atomic E-state index is -3.89. The van der Waals surface area contributed by atoms with Crippen LogP contribution in [-0.2, 0) is 25.0 Å². The third-order valence-electron chi connectivity index (χ3n) is 1.88. The van der Waals surface area contributed by atoms with Gasteiger partial charge in [-0.15, -0.1) is 0 Å². The molecule has 7 nitrogen and oxygen atoms in total. The van der Waals surface area contributed by atoms with Gasteiger partial charge in [-0.2, -0.15) is 16.8 Å². The summed E-state index contributed by atoms with van der Waals surface area (Å²) in [5.74, 6) is -0.557. The molecule has 0 atom stereocenters. The van der Waals surface area contributed by atoms with Crippen LogP contribution in [0.25, 0.3) is 0 Å². The average molecular weight is 314 g/mol. The molecule has 0 rings (SSSR count). The Morgan fingerprint density at radius 2 is 1.06 bits per heavy atom. The van der Waals surface area contributed by atoms with E-state index in [0.717, 1.165) is 0 Å². The molecule has 18 heavy (non-hydrogen) atoms. The molecule has 0 aliphatic heterocycles. The Morgan fingerprint density at radius 1 is 0.722 bits per heavy atom. The number of rotatable bonds is 10. The molecule has 10 heteroatoms. The van der Waals surface area contributed by atoms with Crippen molar-refractivity contribution in [2.24, 2.45) is 0 Å². The predicted molar refractivity (Wildman–Crippen MR) is 69.3 cm³/mol. The first kappa shape index (κ1) is 21.1. The van der Waals surface area contributed by atoms with Crippen LogP contribution in [0.15, 0.2) is 0 Å². The normalized spacial score (nSPS) is 12.1. The van der Waals surface area contributed by atoms with Crippen LogP contribution in [0.5, 0.6) is 0 Å². The van der Waals surface area contributed by atoms with Gasteiger partial charge in [0.25, 0.3) is 20.2 Å². The maximum absolute atomic E-state index is 10.3. The van der Waals surface area contributed by atoms with Crippen molar-refractivity contribution in [1.29, 1.82) is 0 Å². The molecule has 0 aromatic rings. The molecule has 0 amide bonds. The van der Waals surface area contributed by atoms with Gasteiger partial charge in [0.05, 0.1) is 11.5 Å². The van der Waals surface area contributed by atoms with Crippen molar-refractivity contribution in [2.45, 2.75) is 25.7 Å². The van der Waals surface area contributed by atoms with Gasteiger partial charge in [0.2, 0.25) is 0 Å². The molecule has 0 aromatic heterocycles. The summed E-state index contributed by atoms with van der Waals surface area (Å²) in [5, 5.41) is 0. The van der Waals surface area contributed by atoms with E-state index in [0.29, 0.717) is 38.9 Å². The number of ether oxygens (including phenoxy) is 1. The van der Waals surface area contributed by atoms with E-state index >= 15 is 0 Å². The summed E-state index contributed by atoms with van der Waals surface area (Å²) in [7, 11) is -7.78. The molecule has 0 heterocycles. The van der Waals surface area contributed by atoms with E-state index in [-0.39, 0.29) is 41.1 Å². The summed E-state index contributed by atoms with van der Waals surface area (Å²) in [6, 6.07) is 0. The molecule has 0 saturated heterocycles. The molecule has 0 spiro atoms. The zero-order valence-electron chi connectivity index (χ0n) is 9.41. The van der Waals surface area contributed by atoms with Crippen molar-refractivity contribution in [1.82, 2.24) is 0 Å². The standard InChI is InChI=1S/C8H18O7S2.Na.H/c9-16(10,11)7-3-1-5-15-6-2-4-8-17(12,13)14;;/h1-8H2,(H,9,10,11)(H,12,13,14);;. The van der Waals surface area contributed by atoms with Crippen LogP contribution in [0.4, 0.5) is 0 Å². The molecule has 0 aliphatic rings. The summed E-state index contributed by atoms with van der Waals surface area (Å²) >= 11 is 0. The van der Waals surface area contributed by atoms with Crippen molar-refractivity contribution in [2.75, 3.05) is 24.7 Å². The maximum atomic E-state index is 10.3. The van der Waals surface area contributed by atoms with E-state index in [1.54, 1.807) is 0 Å². The molecule has 0 saturated carbocycles. The first-order valence-electron chi connectivity index (χ1n) is 5.19. The Kier molecular flexibility index (Phi) is 12.4. The Bertz CT molecular complexity index is 352. The van der Waals surface area contributed by atoms with E-state index in [9.17, 15) is 16.8 Å². The van der Waals surface area contributed by atoms with Crippen LogP contribution >= 0.6 is 0 Å². The van der Waals surface area contributed by atoms with Gasteiger partial charge in [-0.1, -0.05) is 0 Å². The van der Waals surface area contributed by atoms with Crippen LogP contribution in [0.1, 0.15) is 25.7 Å². The Balaban J connectivity index is 0. The Morgan fingerprint density at radius 3 is 1.33 bits per heavy atom. The SMILES string of the molecule is O=S(=O)(O)CCCCOCCCCS(=O)(=O)O.[NaH]. The number of unbranched alkanes of at least 4 members (excludes halogenated alkanes) is 2. The number of hydrogen-bond acceptors (Lipinski definition) is 5. The third-order valence-corrected chi connectivity index (χ3v) is 3.49. The van der Waals surface area contributed by atoms with Gasteiger partial charge in [-0.25, -0.2) is 0 Å². The summed E-state index contributed by atoms with van der Waals surface area (Å²) < 4.78 is 63.3. The fourth-order valence-corrected chi connectivity index (χ4v) is 2.22. The van der Waals surface area contributed by atoms with Gasteiger partial charge in [0, 0.05) is 13.2 Å². The van der Waals surface area contributed by atoms with Crippen LogP contribution < -0.4 is 0 Å². The van der Waals surface area contributed by atoms with Crippen molar-refractivity contribution < 1.29 is 30.7 Å². The van der Waals surface area contributed by atoms with Crippen molar-refractivity contribution in [3.8, 4) is 0 Å². The second kappa shape index (κ2) is 10.6. The molecule has 0 aromatic carbocycles. The molecular formula is C8H19NaO7S2. The Labute approximate surface area is 130 Å². The first-order valence-corrected chi connectivity index (χ1v) is 8.40. The van der Waals surface area contributed by atoms with E-state index in [4.69, 9.17) is 13.8 Å². The zero-order chi connectivity index (χ0) is 13.4. The molecule has 0 fully saturated rings. The van der Waals surface area contributed by atoms with Crippen molar-refractivity contribution >= 4 is 49.8 Å². The third kappa shape index (κ3) is 19.1. The van der Waals surface area contributed by atoms with Crippen molar-refractivity contribution in [3.63, 3.8) is 0 Å². The molecular weight excluding hydrogens is 295 g/mol. The van der Waals surface area contributed by atoms with Crippen LogP contribution in [0.3, 0.4) is 0 Å². The predicted octanol–water partition coefficient (Wildman–Crippen LogP) is -0.309. The van der Waals surface area contributed by atoms with Gasteiger partial charge >= 0.3 is 29.6 Å². The summed E-state index contributed by atoms with van der Waals surface area (Å²) in [5.41, 5.74) is 0. The van der Waals surface area contributed by atoms with Crippen LogP contribution in [0, 0.1) is 0 Å². The molecule has 0 bridgehead atoms. The molecule has 0 radical (unpaired) electrons. The van der Waals surface area contributed by atoms with E-state index in [1.807, 2.05) is 0 Å². The first-order chi connectivity index (χ1) is 7.71. The minimum absolute atomic E-state index is 0. The quantitative estimate of drug-likeness (QED) is 0.322. The fourth-order valence-electron chi connectivity index (χ4n) is 1.08. The van der Waals surface area contributed by atoms with E-state index < -0.39 is 20.2 Å². The van der Waals surface area contributed by atoms with Gasteiger partial charge < -0.3 is 4.74 Å². The van der Waals surface area contributed by atoms with Gasteiger partial charge in [0.15, 0.2) is 0 Å². The van der Waals surface area contributed by atoms with Crippen LogP contribution in [-0.4, -0.2) is 80.2 Å². The molecule has 0 unspecified atom stereocenters. The monoisotopic (exact) mass is 314 g/mol. The fraction of sp³-hybridized carbons (Fsp3) is 1.00. The van der Waals surface area contributed by atoms with Gasteiger partial charge in [0.1, 0.15) is 0 Å². The molecule has 0 aliphatic carbocycles. The van der Waals surface area contributed by atoms with Gasteiger partial charge in [-0.3, -0.25) is 9.11 Å². The summed E-state index contributed by atoms with van der Waals surface area (Å²) in [4.78, 5) is 0. The molecule has 106 valence electrons. The van der Waals surface area contributed by atoms with Gasteiger partial charge in [-0.05, 0) is 25.7 Å². The molecule has 2 N–H and O–H groups in total. The number of hydrogen-bond donors (Lipinski definition) is 2. The summed E-state index contributed by atoms with van der Waals surface area (Å²) in [6.45, 7) is 0.725. The topological polar surface area (TPSA) is 118 Å². The van der Waals surface area contributed by atoms with E-state index in [1.165, 1.54) is 0 Å². The average Bonchev–Trinajstić information content (AvgIpc) is 2.11. The second-order valence-electron chi connectivity index (χ2n) is 3.60. The van der Waals surface area contributed by atoms with Crippen LogP contribution in [0.2, 0.25) is 0 Å². The Hall–Kier alpha value is 0.780.